The Bertz CT molecular complexity index is 1020. The number of benzene rings is 2. The van der Waals surface area contributed by atoms with Gasteiger partial charge in [-0.3, -0.25) is 9.59 Å². The first-order valence-electron chi connectivity index (χ1n) is 9.87. The van der Waals surface area contributed by atoms with Crippen molar-refractivity contribution in [2.75, 3.05) is 31.3 Å². The van der Waals surface area contributed by atoms with Gasteiger partial charge in [-0.1, -0.05) is 29.5 Å². The summed E-state index contributed by atoms with van der Waals surface area (Å²) in [5, 5.41) is 3.62. The number of nitrogens with zero attached hydrogens (tertiary/aromatic N) is 3. The highest BCUT2D eigenvalue weighted by molar-refractivity contribution is 7.99. The molecule has 0 spiro atoms. The molecule has 2 aromatic carbocycles. The van der Waals surface area contributed by atoms with Gasteiger partial charge in [0, 0.05) is 37.7 Å². The second-order valence-corrected chi connectivity index (χ2v) is 8.07. The number of aromatic nitrogens is 2. The Morgan fingerprint density at radius 3 is 2.48 bits per heavy atom. The van der Waals surface area contributed by atoms with Gasteiger partial charge in [-0.2, -0.15) is 0 Å². The molecular formula is C23H26N4O3S. The summed E-state index contributed by atoms with van der Waals surface area (Å²) in [6.45, 7) is 2.90. The molecule has 8 heteroatoms. The Morgan fingerprint density at radius 2 is 1.84 bits per heavy atom. The third-order valence-electron chi connectivity index (χ3n) is 4.59. The van der Waals surface area contributed by atoms with Gasteiger partial charge in [-0.15, -0.1) is 0 Å². The summed E-state index contributed by atoms with van der Waals surface area (Å²) in [5.74, 6) is 0.815. The van der Waals surface area contributed by atoms with Crippen molar-refractivity contribution < 1.29 is 14.3 Å². The van der Waals surface area contributed by atoms with E-state index in [1.165, 1.54) is 17.3 Å². The topological polar surface area (TPSA) is 76.5 Å². The van der Waals surface area contributed by atoms with Crippen molar-refractivity contribution in [2.45, 2.75) is 12.1 Å². The third-order valence-corrected chi connectivity index (χ3v) is 5.65. The van der Waals surface area contributed by atoms with Crippen molar-refractivity contribution in [1.29, 1.82) is 0 Å². The molecule has 0 saturated heterocycles. The minimum absolute atomic E-state index is 0.101. The lowest BCUT2D eigenvalue weighted by Gasteiger charge is -2.18. The van der Waals surface area contributed by atoms with E-state index in [4.69, 9.17) is 4.74 Å². The molecule has 1 aromatic heterocycles. The average Bonchev–Trinajstić information content (AvgIpc) is 3.18. The summed E-state index contributed by atoms with van der Waals surface area (Å²) < 4.78 is 7.55. The van der Waals surface area contributed by atoms with E-state index in [-0.39, 0.29) is 17.6 Å². The van der Waals surface area contributed by atoms with Crippen LogP contribution in [0.2, 0.25) is 0 Å². The predicted octanol–water partition coefficient (Wildman–Crippen LogP) is 3.61. The molecule has 0 unspecified atom stereocenters. The SMILES string of the molecule is Cc1ccc(OCCN(C)C(=O)c2ccc(NC(=O)CSc3nccn3C)cc2)cc1. The van der Waals surface area contributed by atoms with Crippen molar-refractivity contribution in [3.63, 3.8) is 0 Å². The molecule has 1 N–H and O–H groups in total. The zero-order valence-electron chi connectivity index (χ0n) is 17.9. The van der Waals surface area contributed by atoms with Crippen LogP contribution in [0.15, 0.2) is 66.1 Å². The first-order valence-corrected chi connectivity index (χ1v) is 10.9. The number of carbonyl (C=O) groups is 2. The van der Waals surface area contributed by atoms with E-state index in [0.717, 1.165) is 10.9 Å². The van der Waals surface area contributed by atoms with Crippen molar-refractivity contribution in [3.05, 3.63) is 72.1 Å². The Hall–Kier alpha value is -3.26. The summed E-state index contributed by atoms with van der Waals surface area (Å²) in [7, 11) is 3.62. The number of hydrogen-bond acceptors (Lipinski definition) is 5. The number of thioether (sulfide) groups is 1. The van der Waals surface area contributed by atoms with Crippen LogP contribution in [0.4, 0.5) is 5.69 Å². The summed E-state index contributed by atoms with van der Waals surface area (Å²) in [4.78, 5) is 30.5. The van der Waals surface area contributed by atoms with E-state index in [2.05, 4.69) is 10.3 Å². The van der Waals surface area contributed by atoms with E-state index >= 15 is 0 Å². The fourth-order valence-electron chi connectivity index (χ4n) is 2.77. The Morgan fingerprint density at radius 1 is 1.13 bits per heavy atom. The molecule has 0 bridgehead atoms. The third kappa shape index (κ3) is 6.62. The van der Waals surface area contributed by atoms with Gasteiger partial charge < -0.3 is 19.5 Å². The van der Waals surface area contributed by atoms with Crippen LogP contribution in [0.1, 0.15) is 15.9 Å². The molecule has 0 aliphatic carbocycles. The number of aryl methyl sites for hydroxylation is 2. The number of likely N-dealkylation sites (N-methyl/N-ethyl adjacent to an activating group) is 1. The predicted molar refractivity (Wildman–Crippen MR) is 123 cm³/mol. The van der Waals surface area contributed by atoms with Crippen LogP contribution < -0.4 is 10.1 Å². The molecule has 0 saturated carbocycles. The minimum Gasteiger partial charge on any atom is -0.492 e. The maximum Gasteiger partial charge on any atom is 0.253 e. The van der Waals surface area contributed by atoms with Gasteiger partial charge >= 0.3 is 0 Å². The van der Waals surface area contributed by atoms with Gasteiger partial charge in [0.15, 0.2) is 5.16 Å². The maximum atomic E-state index is 12.6. The number of carbonyl (C=O) groups excluding carboxylic acids is 2. The molecule has 162 valence electrons. The Labute approximate surface area is 186 Å². The van der Waals surface area contributed by atoms with Crippen LogP contribution in [0.25, 0.3) is 0 Å². The number of imidazole rings is 1. The van der Waals surface area contributed by atoms with Crippen LogP contribution in [0.3, 0.4) is 0 Å². The summed E-state index contributed by atoms with van der Waals surface area (Å²) >= 11 is 1.37. The monoisotopic (exact) mass is 438 g/mol. The number of amides is 2. The van der Waals surface area contributed by atoms with Crippen LogP contribution >= 0.6 is 11.8 Å². The second-order valence-electron chi connectivity index (χ2n) is 7.12. The molecule has 7 nitrogen and oxygen atoms in total. The van der Waals surface area contributed by atoms with Crippen molar-refractivity contribution in [2.24, 2.45) is 7.05 Å². The zero-order chi connectivity index (χ0) is 22.2. The lowest BCUT2D eigenvalue weighted by Crippen LogP contribution is -2.30. The molecule has 0 aliphatic heterocycles. The van der Waals surface area contributed by atoms with E-state index < -0.39 is 0 Å². The lowest BCUT2D eigenvalue weighted by atomic mass is 10.2. The van der Waals surface area contributed by atoms with Crippen molar-refractivity contribution in [1.82, 2.24) is 14.5 Å². The molecule has 3 rings (SSSR count). The fourth-order valence-corrected chi connectivity index (χ4v) is 3.50. The van der Waals surface area contributed by atoms with Gasteiger partial charge in [-0.25, -0.2) is 4.98 Å². The Balaban J connectivity index is 1.44. The van der Waals surface area contributed by atoms with Crippen molar-refractivity contribution in [3.8, 4) is 5.75 Å². The van der Waals surface area contributed by atoms with Crippen LogP contribution in [-0.2, 0) is 11.8 Å². The fraction of sp³-hybridized carbons (Fsp3) is 0.261. The van der Waals surface area contributed by atoms with Gasteiger partial charge in [-0.05, 0) is 43.3 Å². The van der Waals surface area contributed by atoms with E-state index in [9.17, 15) is 9.59 Å². The van der Waals surface area contributed by atoms with Gasteiger partial charge in [0.1, 0.15) is 12.4 Å². The molecule has 31 heavy (non-hydrogen) atoms. The smallest absolute Gasteiger partial charge is 0.253 e. The largest absolute Gasteiger partial charge is 0.492 e. The second kappa shape index (κ2) is 10.7. The van der Waals surface area contributed by atoms with Crippen LogP contribution in [0, 0.1) is 6.92 Å². The maximum absolute atomic E-state index is 12.6. The number of nitrogens with one attached hydrogen (secondary N) is 1. The minimum atomic E-state index is -0.127. The first kappa shape index (κ1) is 22.4. The van der Waals surface area contributed by atoms with E-state index in [0.29, 0.717) is 24.4 Å². The molecule has 0 radical (unpaired) electrons. The Kier molecular flexibility index (Phi) is 7.72. The number of ether oxygens (including phenoxy) is 1. The summed E-state index contributed by atoms with van der Waals surface area (Å²) in [6.07, 6.45) is 3.53. The molecule has 2 amide bonds. The summed E-state index contributed by atoms with van der Waals surface area (Å²) in [5.41, 5.74) is 2.37. The number of rotatable bonds is 9. The standard InChI is InChI=1S/C23H26N4O3S/c1-17-4-10-20(11-5-17)30-15-14-26(2)22(29)18-6-8-19(9-7-18)25-21(28)16-31-23-24-12-13-27(23)3/h4-13H,14-16H2,1-3H3,(H,25,28). The molecular weight excluding hydrogens is 412 g/mol. The van der Waals surface area contributed by atoms with Crippen LogP contribution in [-0.4, -0.2) is 52.2 Å². The average molecular weight is 439 g/mol. The highest BCUT2D eigenvalue weighted by atomic mass is 32.2. The number of anilines is 1. The molecule has 0 aliphatic rings. The highest BCUT2D eigenvalue weighted by Gasteiger charge is 2.12. The lowest BCUT2D eigenvalue weighted by molar-refractivity contribution is -0.113. The van der Waals surface area contributed by atoms with Gasteiger partial charge in [0.05, 0.1) is 12.3 Å². The molecule has 0 fully saturated rings. The quantitative estimate of drug-likeness (QED) is 0.517. The molecule has 1 heterocycles. The highest BCUT2D eigenvalue weighted by Crippen LogP contribution is 2.16. The van der Waals surface area contributed by atoms with E-state index in [1.54, 1.807) is 42.4 Å². The van der Waals surface area contributed by atoms with E-state index in [1.807, 2.05) is 49.0 Å². The zero-order valence-corrected chi connectivity index (χ0v) is 18.7. The van der Waals surface area contributed by atoms with Crippen molar-refractivity contribution >= 4 is 29.3 Å². The number of hydrogen-bond donors (Lipinski definition) is 1. The normalized spacial score (nSPS) is 10.5. The van der Waals surface area contributed by atoms with Gasteiger partial charge in [0.2, 0.25) is 5.91 Å². The molecule has 3 aromatic rings. The first-order chi connectivity index (χ1) is 14.9. The van der Waals surface area contributed by atoms with Gasteiger partial charge in [0.25, 0.3) is 5.91 Å². The van der Waals surface area contributed by atoms with Crippen LogP contribution in [0.5, 0.6) is 5.75 Å². The summed E-state index contributed by atoms with van der Waals surface area (Å²) in [6, 6.07) is 14.7. The molecule has 0 atom stereocenters.